The Labute approximate surface area is 114 Å². The van der Waals surface area contributed by atoms with E-state index < -0.39 is 0 Å². The molecule has 0 aromatic rings. The number of rotatable bonds is 5. The van der Waals surface area contributed by atoms with Gasteiger partial charge in [-0.25, -0.2) is 0 Å². The summed E-state index contributed by atoms with van der Waals surface area (Å²) >= 11 is 0. The molecule has 1 saturated carbocycles. The molecule has 1 aliphatic carbocycles. The van der Waals surface area contributed by atoms with Crippen molar-refractivity contribution in [1.82, 2.24) is 5.32 Å². The van der Waals surface area contributed by atoms with Gasteiger partial charge < -0.3 is 5.32 Å². The first-order valence-corrected chi connectivity index (χ1v) is 7.85. The minimum absolute atomic E-state index is 0.505. The number of hydrogen-bond acceptors (Lipinski definition) is 1. The first-order chi connectivity index (χ1) is 8.43. The average molecular weight is 251 g/mol. The SMILES string of the molecule is CCCNC(C)/C=C/C1CCC(C(C)(C)C)CC1. The molecule has 1 nitrogen and oxygen atoms in total. The summed E-state index contributed by atoms with van der Waals surface area (Å²) in [5.74, 6) is 1.76. The van der Waals surface area contributed by atoms with E-state index in [1.807, 2.05) is 0 Å². The lowest BCUT2D eigenvalue weighted by Crippen LogP contribution is -2.26. The summed E-state index contributed by atoms with van der Waals surface area (Å²) < 4.78 is 0. The summed E-state index contributed by atoms with van der Waals surface area (Å²) in [6.45, 7) is 12.8. The summed E-state index contributed by atoms with van der Waals surface area (Å²) in [5.41, 5.74) is 0.505. The Hall–Kier alpha value is -0.300. The highest BCUT2D eigenvalue weighted by molar-refractivity contribution is 4.97. The topological polar surface area (TPSA) is 12.0 Å². The molecule has 0 radical (unpaired) electrons. The monoisotopic (exact) mass is 251 g/mol. The molecule has 106 valence electrons. The maximum absolute atomic E-state index is 3.52. The van der Waals surface area contributed by atoms with E-state index in [1.165, 1.54) is 32.1 Å². The molecule has 1 N–H and O–H groups in total. The molecular weight excluding hydrogens is 218 g/mol. The van der Waals surface area contributed by atoms with Crippen molar-refractivity contribution in [3.63, 3.8) is 0 Å². The van der Waals surface area contributed by atoms with Crippen molar-refractivity contribution in [2.24, 2.45) is 17.3 Å². The Balaban J connectivity index is 2.29. The first-order valence-electron chi connectivity index (χ1n) is 7.85. The Morgan fingerprint density at radius 1 is 1.17 bits per heavy atom. The van der Waals surface area contributed by atoms with E-state index >= 15 is 0 Å². The van der Waals surface area contributed by atoms with Gasteiger partial charge in [-0.15, -0.1) is 0 Å². The Morgan fingerprint density at radius 2 is 1.78 bits per heavy atom. The van der Waals surface area contributed by atoms with Crippen LogP contribution in [-0.4, -0.2) is 12.6 Å². The zero-order valence-corrected chi connectivity index (χ0v) is 13.1. The highest BCUT2D eigenvalue weighted by Gasteiger charge is 2.28. The zero-order valence-electron chi connectivity index (χ0n) is 13.1. The van der Waals surface area contributed by atoms with Crippen molar-refractivity contribution in [1.29, 1.82) is 0 Å². The Bertz CT molecular complexity index is 241. The van der Waals surface area contributed by atoms with Crippen LogP contribution in [0.4, 0.5) is 0 Å². The van der Waals surface area contributed by atoms with E-state index in [0.717, 1.165) is 18.4 Å². The van der Waals surface area contributed by atoms with Gasteiger partial charge in [-0.1, -0.05) is 39.8 Å². The van der Waals surface area contributed by atoms with E-state index in [9.17, 15) is 0 Å². The van der Waals surface area contributed by atoms with E-state index in [0.29, 0.717) is 11.5 Å². The van der Waals surface area contributed by atoms with Gasteiger partial charge >= 0.3 is 0 Å². The summed E-state index contributed by atoms with van der Waals surface area (Å²) in [5, 5.41) is 3.52. The van der Waals surface area contributed by atoms with Crippen molar-refractivity contribution in [2.75, 3.05) is 6.54 Å². The summed E-state index contributed by atoms with van der Waals surface area (Å²) in [4.78, 5) is 0. The third-order valence-electron chi connectivity index (χ3n) is 4.38. The summed E-state index contributed by atoms with van der Waals surface area (Å²) in [6, 6.07) is 0.533. The normalized spacial score (nSPS) is 27.6. The minimum Gasteiger partial charge on any atom is -0.311 e. The fourth-order valence-corrected chi connectivity index (χ4v) is 2.94. The molecule has 0 saturated heterocycles. The second-order valence-corrected chi connectivity index (χ2v) is 7.11. The Morgan fingerprint density at radius 3 is 2.28 bits per heavy atom. The van der Waals surface area contributed by atoms with Gasteiger partial charge in [-0.05, 0) is 62.8 Å². The molecule has 0 bridgehead atoms. The smallest absolute Gasteiger partial charge is 0.0221 e. The second kappa shape index (κ2) is 7.33. The van der Waals surface area contributed by atoms with Crippen LogP contribution >= 0.6 is 0 Å². The van der Waals surface area contributed by atoms with Crippen molar-refractivity contribution in [3.05, 3.63) is 12.2 Å². The predicted molar refractivity (Wildman–Crippen MR) is 81.8 cm³/mol. The maximum Gasteiger partial charge on any atom is 0.0221 e. The fourth-order valence-electron chi connectivity index (χ4n) is 2.94. The van der Waals surface area contributed by atoms with Crippen LogP contribution in [0.15, 0.2) is 12.2 Å². The second-order valence-electron chi connectivity index (χ2n) is 7.11. The highest BCUT2D eigenvalue weighted by Crippen LogP contribution is 2.40. The van der Waals surface area contributed by atoms with Gasteiger partial charge in [0, 0.05) is 6.04 Å². The molecule has 1 aliphatic rings. The highest BCUT2D eigenvalue weighted by atomic mass is 14.9. The van der Waals surface area contributed by atoms with Crippen LogP contribution in [0.2, 0.25) is 0 Å². The Kier molecular flexibility index (Phi) is 6.42. The van der Waals surface area contributed by atoms with Gasteiger partial charge in [0.05, 0.1) is 0 Å². The van der Waals surface area contributed by atoms with Crippen LogP contribution < -0.4 is 5.32 Å². The molecule has 18 heavy (non-hydrogen) atoms. The molecule has 1 rings (SSSR count). The van der Waals surface area contributed by atoms with Crippen molar-refractivity contribution < 1.29 is 0 Å². The van der Waals surface area contributed by atoms with E-state index in [2.05, 4.69) is 52.1 Å². The van der Waals surface area contributed by atoms with Gasteiger partial charge in [0.1, 0.15) is 0 Å². The lowest BCUT2D eigenvalue weighted by atomic mass is 9.70. The molecule has 0 aliphatic heterocycles. The molecule has 0 spiro atoms. The number of nitrogens with one attached hydrogen (secondary N) is 1. The third kappa shape index (κ3) is 5.56. The van der Waals surface area contributed by atoms with E-state index in [-0.39, 0.29) is 0 Å². The van der Waals surface area contributed by atoms with Crippen LogP contribution in [-0.2, 0) is 0 Å². The lowest BCUT2D eigenvalue weighted by Gasteiger charge is -2.36. The van der Waals surface area contributed by atoms with E-state index in [1.54, 1.807) is 0 Å². The standard InChI is InChI=1S/C17H33N/c1-6-13-18-14(2)7-8-15-9-11-16(12-10-15)17(3,4)5/h7-8,14-16,18H,6,9-13H2,1-5H3/b8-7+. The van der Waals surface area contributed by atoms with Crippen molar-refractivity contribution in [3.8, 4) is 0 Å². The molecule has 0 aromatic heterocycles. The first kappa shape index (κ1) is 15.8. The summed E-state index contributed by atoms with van der Waals surface area (Å²) in [7, 11) is 0. The van der Waals surface area contributed by atoms with Crippen molar-refractivity contribution >= 4 is 0 Å². The number of allylic oxidation sites excluding steroid dienone is 1. The van der Waals surface area contributed by atoms with Crippen LogP contribution in [0.25, 0.3) is 0 Å². The van der Waals surface area contributed by atoms with Crippen LogP contribution in [0, 0.1) is 17.3 Å². The van der Waals surface area contributed by atoms with Crippen LogP contribution in [0.3, 0.4) is 0 Å². The molecule has 0 aromatic carbocycles. The lowest BCUT2D eigenvalue weighted by molar-refractivity contribution is 0.163. The van der Waals surface area contributed by atoms with Gasteiger partial charge in [0.2, 0.25) is 0 Å². The molecular formula is C17H33N. The van der Waals surface area contributed by atoms with Gasteiger partial charge in [0.25, 0.3) is 0 Å². The molecule has 1 atom stereocenters. The van der Waals surface area contributed by atoms with Gasteiger partial charge in [0.15, 0.2) is 0 Å². The minimum atomic E-state index is 0.505. The fraction of sp³-hybridized carbons (Fsp3) is 0.882. The zero-order chi connectivity index (χ0) is 13.6. The van der Waals surface area contributed by atoms with Gasteiger partial charge in [-0.3, -0.25) is 0 Å². The molecule has 0 amide bonds. The van der Waals surface area contributed by atoms with Crippen molar-refractivity contribution in [2.45, 2.75) is 72.8 Å². The predicted octanol–water partition coefficient (Wildman–Crippen LogP) is 4.78. The maximum atomic E-state index is 3.52. The molecule has 1 heteroatoms. The van der Waals surface area contributed by atoms with Gasteiger partial charge in [-0.2, -0.15) is 0 Å². The quantitative estimate of drug-likeness (QED) is 0.693. The average Bonchev–Trinajstić information content (AvgIpc) is 2.33. The van der Waals surface area contributed by atoms with Crippen LogP contribution in [0.1, 0.15) is 66.7 Å². The summed E-state index contributed by atoms with van der Waals surface area (Å²) in [6.07, 6.45) is 11.7. The molecule has 1 fully saturated rings. The molecule has 0 heterocycles. The molecule has 1 unspecified atom stereocenters. The number of hydrogen-bond donors (Lipinski definition) is 1. The van der Waals surface area contributed by atoms with E-state index in [4.69, 9.17) is 0 Å². The van der Waals surface area contributed by atoms with Crippen LogP contribution in [0.5, 0.6) is 0 Å². The largest absolute Gasteiger partial charge is 0.311 e. The third-order valence-corrected chi connectivity index (χ3v) is 4.38.